The second-order valence-electron chi connectivity index (χ2n) is 8.92. The quantitative estimate of drug-likeness (QED) is 0.280. The van der Waals surface area contributed by atoms with Gasteiger partial charge in [-0.15, -0.1) is 0 Å². The lowest BCUT2D eigenvalue weighted by atomic mass is 9.90. The fraction of sp³-hybridized carbons (Fsp3) is 0.333. The molecule has 2 rings (SSSR count). The van der Waals surface area contributed by atoms with Gasteiger partial charge in [-0.1, -0.05) is 83.7 Å². The SMILES string of the molecule is C=C(/C=C(\C=C/C)N(C)/N=C(\C=C\NC(=O)NC1=c2ccccc2=CCC=C1)C(C)(C)C)CO.CC. The summed E-state index contributed by atoms with van der Waals surface area (Å²) in [5.74, 6) is 0. The first kappa shape index (κ1) is 30.4. The van der Waals surface area contributed by atoms with Gasteiger partial charge in [0.1, 0.15) is 0 Å². The number of hydrazone groups is 1. The van der Waals surface area contributed by atoms with E-state index in [9.17, 15) is 9.90 Å². The van der Waals surface area contributed by atoms with Crippen molar-refractivity contribution in [3.05, 3.63) is 95.2 Å². The molecule has 1 aromatic rings. The fourth-order valence-corrected chi connectivity index (χ4v) is 3.18. The average molecular weight is 491 g/mol. The lowest BCUT2D eigenvalue weighted by Gasteiger charge is -2.23. The molecule has 0 unspecified atom stereocenters. The summed E-state index contributed by atoms with van der Waals surface area (Å²) in [5.41, 5.74) is 2.62. The minimum atomic E-state index is -0.331. The van der Waals surface area contributed by atoms with Crippen molar-refractivity contribution < 1.29 is 9.90 Å². The summed E-state index contributed by atoms with van der Waals surface area (Å²) in [6.45, 7) is 15.8. The number of nitrogens with zero attached hydrogens (tertiary/aromatic N) is 2. The Morgan fingerprint density at radius 2 is 1.92 bits per heavy atom. The number of allylic oxidation sites excluding steroid dienone is 4. The highest BCUT2D eigenvalue weighted by Gasteiger charge is 2.18. The number of hydrogen-bond donors (Lipinski definition) is 3. The molecule has 0 saturated heterocycles. The molecule has 3 N–H and O–H groups in total. The van der Waals surface area contributed by atoms with E-state index in [1.807, 2.05) is 76.4 Å². The van der Waals surface area contributed by atoms with Gasteiger partial charge in [-0.05, 0) is 48.4 Å². The maximum Gasteiger partial charge on any atom is 0.323 e. The Bertz CT molecular complexity index is 1160. The van der Waals surface area contributed by atoms with Crippen LogP contribution in [0.3, 0.4) is 0 Å². The van der Waals surface area contributed by atoms with E-state index in [0.29, 0.717) is 5.57 Å². The van der Waals surface area contributed by atoms with E-state index >= 15 is 0 Å². The Balaban J connectivity index is 0.00000316. The molecule has 1 aromatic carbocycles. The third-order valence-corrected chi connectivity index (χ3v) is 5.01. The maximum atomic E-state index is 12.6. The molecule has 0 bridgehead atoms. The Morgan fingerprint density at radius 3 is 2.56 bits per heavy atom. The first-order valence-electron chi connectivity index (χ1n) is 12.3. The molecule has 0 spiro atoms. The molecular formula is C30H42N4O2. The average Bonchev–Trinajstić information content (AvgIpc) is 3.05. The summed E-state index contributed by atoms with van der Waals surface area (Å²) in [6.07, 6.45) is 15.9. The van der Waals surface area contributed by atoms with Crippen molar-refractivity contribution in [2.24, 2.45) is 10.5 Å². The lowest BCUT2D eigenvalue weighted by Crippen LogP contribution is -2.37. The number of likely N-dealkylation sites (N-methyl/N-ethyl adjacent to an activating group) is 1. The second-order valence-corrected chi connectivity index (χ2v) is 8.92. The number of amides is 2. The molecule has 194 valence electrons. The van der Waals surface area contributed by atoms with Crippen molar-refractivity contribution in [2.45, 2.75) is 48.0 Å². The zero-order chi connectivity index (χ0) is 27.1. The number of benzene rings is 1. The number of carbonyl (C=O) groups excluding carboxylic acids is 1. The van der Waals surface area contributed by atoms with Crippen LogP contribution in [0.5, 0.6) is 0 Å². The zero-order valence-electron chi connectivity index (χ0n) is 22.8. The second kappa shape index (κ2) is 15.4. The van der Waals surface area contributed by atoms with Crippen LogP contribution in [0.25, 0.3) is 11.8 Å². The minimum absolute atomic E-state index is 0.125. The van der Waals surface area contributed by atoms with E-state index in [2.05, 4.69) is 44.1 Å². The van der Waals surface area contributed by atoms with Crippen LogP contribution in [-0.4, -0.2) is 35.5 Å². The number of nitrogens with one attached hydrogen (secondary N) is 2. The maximum absolute atomic E-state index is 12.6. The summed E-state index contributed by atoms with van der Waals surface area (Å²) in [7, 11) is 1.83. The van der Waals surface area contributed by atoms with Crippen LogP contribution in [-0.2, 0) is 0 Å². The summed E-state index contributed by atoms with van der Waals surface area (Å²) in [4.78, 5) is 12.6. The monoisotopic (exact) mass is 490 g/mol. The van der Waals surface area contributed by atoms with Gasteiger partial charge < -0.3 is 15.7 Å². The highest BCUT2D eigenvalue weighted by Crippen LogP contribution is 2.19. The molecule has 1 aliphatic carbocycles. The molecule has 1 aliphatic rings. The summed E-state index contributed by atoms with van der Waals surface area (Å²) in [6, 6.07) is 7.65. The Labute approximate surface area is 216 Å². The van der Waals surface area contributed by atoms with Crippen molar-refractivity contribution in [1.29, 1.82) is 0 Å². The lowest BCUT2D eigenvalue weighted by molar-refractivity contribution is 0.248. The van der Waals surface area contributed by atoms with E-state index in [4.69, 9.17) is 5.10 Å². The van der Waals surface area contributed by atoms with Crippen molar-refractivity contribution in [2.75, 3.05) is 13.7 Å². The van der Waals surface area contributed by atoms with E-state index in [-0.39, 0.29) is 18.1 Å². The van der Waals surface area contributed by atoms with Gasteiger partial charge in [0.25, 0.3) is 0 Å². The third-order valence-electron chi connectivity index (χ3n) is 5.01. The predicted molar refractivity (Wildman–Crippen MR) is 153 cm³/mol. The Morgan fingerprint density at radius 1 is 1.22 bits per heavy atom. The highest BCUT2D eigenvalue weighted by atomic mass is 16.3. The van der Waals surface area contributed by atoms with Gasteiger partial charge in [0, 0.05) is 29.6 Å². The van der Waals surface area contributed by atoms with Crippen LogP contribution >= 0.6 is 0 Å². The number of aliphatic hydroxyl groups is 1. The minimum Gasteiger partial charge on any atom is -0.392 e. The van der Waals surface area contributed by atoms with E-state index < -0.39 is 0 Å². The van der Waals surface area contributed by atoms with Crippen LogP contribution in [0.2, 0.25) is 0 Å². The molecule has 0 aliphatic heterocycles. The largest absolute Gasteiger partial charge is 0.392 e. The standard InChI is InChI=1S/C28H36N4O2.C2H6/c1-7-12-23(19-21(2)20-33)32(6)31-26(28(3,4)5)17-18-29-27(34)30-25-16-11-9-14-22-13-8-10-15-24(22)25;1-2/h7-8,10-19,33H,2,9,20H2,1,3-6H3,(H2,29,30,34);1-2H3/b12-7-,18-17+,23-19+,31-26+;. The van der Waals surface area contributed by atoms with Gasteiger partial charge in [0.05, 0.1) is 18.0 Å². The number of aliphatic hydroxyl groups excluding tert-OH is 1. The molecule has 0 saturated carbocycles. The molecule has 36 heavy (non-hydrogen) atoms. The van der Waals surface area contributed by atoms with Crippen LogP contribution < -0.4 is 21.1 Å². The summed E-state index contributed by atoms with van der Waals surface area (Å²) >= 11 is 0. The van der Waals surface area contributed by atoms with Gasteiger partial charge >= 0.3 is 6.03 Å². The van der Waals surface area contributed by atoms with Crippen LogP contribution in [0.1, 0.15) is 48.0 Å². The van der Waals surface area contributed by atoms with Gasteiger partial charge in [-0.3, -0.25) is 5.01 Å². The van der Waals surface area contributed by atoms with Gasteiger partial charge in [-0.25, -0.2) is 4.79 Å². The number of fused-ring (bicyclic) bond motifs is 1. The number of hydrogen-bond acceptors (Lipinski definition) is 4. The zero-order valence-corrected chi connectivity index (χ0v) is 22.8. The molecule has 0 fully saturated rings. The van der Waals surface area contributed by atoms with Crippen LogP contribution in [0.15, 0.2) is 89.9 Å². The number of carbonyl (C=O) groups is 1. The molecule has 0 heterocycles. The number of urea groups is 1. The molecule has 0 aromatic heterocycles. The summed E-state index contributed by atoms with van der Waals surface area (Å²) < 4.78 is 0. The smallest absolute Gasteiger partial charge is 0.323 e. The van der Waals surface area contributed by atoms with Crippen molar-refractivity contribution in [3.8, 4) is 0 Å². The van der Waals surface area contributed by atoms with Crippen molar-refractivity contribution >= 4 is 23.5 Å². The Hall–Kier alpha value is -3.64. The number of rotatable bonds is 8. The molecule has 2 amide bonds. The van der Waals surface area contributed by atoms with Crippen LogP contribution in [0, 0.1) is 5.41 Å². The highest BCUT2D eigenvalue weighted by molar-refractivity contribution is 5.99. The van der Waals surface area contributed by atoms with Crippen molar-refractivity contribution in [3.63, 3.8) is 0 Å². The van der Waals surface area contributed by atoms with E-state index in [1.165, 1.54) is 0 Å². The molecular weight excluding hydrogens is 448 g/mol. The van der Waals surface area contributed by atoms with Gasteiger partial charge in [0.2, 0.25) is 0 Å². The van der Waals surface area contributed by atoms with Crippen molar-refractivity contribution in [1.82, 2.24) is 15.6 Å². The van der Waals surface area contributed by atoms with Gasteiger partial charge in [-0.2, -0.15) is 5.10 Å². The first-order chi connectivity index (χ1) is 17.2. The third kappa shape index (κ3) is 9.92. The topological polar surface area (TPSA) is 77.0 Å². The molecule has 6 nitrogen and oxygen atoms in total. The molecule has 6 heteroatoms. The predicted octanol–water partition coefficient (Wildman–Crippen LogP) is 4.72. The first-order valence-corrected chi connectivity index (χ1v) is 12.3. The van der Waals surface area contributed by atoms with E-state index in [1.54, 1.807) is 23.4 Å². The van der Waals surface area contributed by atoms with Crippen LogP contribution in [0.4, 0.5) is 4.79 Å². The Kier molecular flexibility index (Phi) is 13.0. The molecule has 0 radical (unpaired) electrons. The van der Waals surface area contributed by atoms with Gasteiger partial charge in [0.15, 0.2) is 0 Å². The molecule has 0 atom stereocenters. The summed E-state index contributed by atoms with van der Waals surface area (Å²) in [5, 5.41) is 23.6. The fourth-order valence-electron chi connectivity index (χ4n) is 3.18. The normalized spacial score (nSPS) is 13.9. The van der Waals surface area contributed by atoms with E-state index in [0.717, 1.165) is 34.0 Å².